The van der Waals surface area contributed by atoms with E-state index in [0.717, 1.165) is 49.0 Å². The number of nitrogens with one attached hydrogen (secondary N) is 2. The molecule has 0 radical (unpaired) electrons. The maximum atomic E-state index is 12.9. The van der Waals surface area contributed by atoms with E-state index in [1.165, 1.54) is 17.5 Å². The smallest absolute Gasteiger partial charge is 0.341 e. The Balaban J connectivity index is 1.48. The van der Waals surface area contributed by atoms with E-state index in [-0.39, 0.29) is 24.5 Å². The van der Waals surface area contributed by atoms with Crippen molar-refractivity contribution in [3.63, 3.8) is 0 Å². The number of nitrogens with zero attached hydrogens (tertiary/aromatic N) is 1. The first-order valence-corrected chi connectivity index (χ1v) is 11.2. The van der Waals surface area contributed by atoms with E-state index in [1.54, 1.807) is 18.3 Å². The molecule has 2 amide bonds. The number of ether oxygens (including phenoxy) is 1. The van der Waals surface area contributed by atoms with Gasteiger partial charge in [0.15, 0.2) is 6.61 Å². The zero-order chi connectivity index (χ0) is 21.1. The molecule has 7 nitrogen and oxygen atoms in total. The molecule has 0 bridgehead atoms. The number of pyridine rings is 1. The summed E-state index contributed by atoms with van der Waals surface area (Å²) in [4.78, 5) is 42.7. The van der Waals surface area contributed by atoms with E-state index in [2.05, 4.69) is 15.6 Å². The van der Waals surface area contributed by atoms with Crippen LogP contribution in [0.2, 0.25) is 0 Å². The van der Waals surface area contributed by atoms with Gasteiger partial charge in [0.25, 0.3) is 11.8 Å². The topological polar surface area (TPSA) is 97.4 Å². The first-order chi connectivity index (χ1) is 14.5. The maximum absolute atomic E-state index is 12.9. The van der Waals surface area contributed by atoms with E-state index >= 15 is 0 Å². The van der Waals surface area contributed by atoms with Crippen LogP contribution < -0.4 is 10.6 Å². The highest BCUT2D eigenvalue weighted by molar-refractivity contribution is 7.17. The number of rotatable bonds is 7. The van der Waals surface area contributed by atoms with Crippen LogP contribution in [-0.4, -0.2) is 35.4 Å². The number of hydrogen-bond acceptors (Lipinski definition) is 6. The molecule has 4 rings (SSSR count). The molecule has 1 fully saturated rings. The number of aryl methyl sites for hydroxylation is 1. The maximum Gasteiger partial charge on any atom is 0.341 e. The first-order valence-electron chi connectivity index (χ1n) is 10.4. The van der Waals surface area contributed by atoms with Gasteiger partial charge in [-0.15, -0.1) is 11.3 Å². The highest BCUT2D eigenvalue weighted by Gasteiger charge is 2.30. The number of amides is 2. The molecule has 158 valence electrons. The lowest BCUT2D eigenvalue weighted by Crippen LogP contribution is -2.37. The van der Waals surface area contributed by atoms with Gasteiger partial charge in [0.1, 0.15) is 5.00 Å². The minimum absolute atomic E-state index is 0.0967. The van der Waals surface area contributed by atoms with E-state index in [1.807, 2.05) is 6.92 Å². The standard InChI is InChI=1S/C22H25N3O4S/c1-13(14-8-9-14)24-18(26)12-29-22(28)19-16-6-2-3-7-17(16)30-21(19)25-20(27)15-5-4-10-23-11-15/h4-5,10-11,13-14H,2-3,6-9,12H2,1H3,(H,24,26)(H,25,27). The summed E-state index contributed by atoms with van der Waals surface area (Å²) in [6.07, 6.45) is 9.01. The summed E-state index contributed by atoms with van der Waals surface area (Å²) in [5, 5.41) is 6.21. The van der Waals surface area contributed by atoms with Crippen molar-refractivity contribution in [1.82, 2.24) is 10.3 Å². The third-order valence-electron chi connectivity index (χ3n) is 5.58. The Labute approximate surface area is 179 Å². The van der Waals surface area contributed by atoms with Crippen LogP contribution in [0.15, 0.2) is 24.5 Å². The van der Waals surface area contributed by atoms with Gasteiger partial charge in [0.2, 0.25) is 0 Å². The average Bonchev–Trinajstić information content (AvgIpc) is 3.54. The summed E-state index contributed by atoms with van der Waals surface area (Å²) >= 11 is 1.42. The molecule has 1 saturated carbocycles. The molecule has 2 N–H and O–H groups in total. The van der Waals surface area contributed by atoms with Crippen molar-refractivity contribution in [2.45, 2.75) is 51.5 Å². The molecular weight excluding hydrogens is 402 g/mol. The molecule has 0 aromatic carbocycles. The molecular formula is C22H25N3O4S. The quantitative estimate of drug-likeness (QED) is 0.661. The van der Waals surface area contributed by atoms with Crippen molar-refractivity contribution in [3.05, 3.63) is 46.1 Å². The second kappa shape index (κ2) is 8.95. The van der Waals surface area contributed by atoms with Gasteiger partial charge in [-0.1, -0.05) is 0 Å². The van der Waals surface area contributed by atoms with Gasteiger partial charge >= 0.3 is 5.97 Å². The third kappa shape index (κ3) is 4.70. The summed E-state index contributed by atoms with van der Waals surface area (Å²) in [7, 11) is 0. The fourth-order valence-corrected chi connectivity index (χ4v) is 5.03. The number of anilines is 1. The summed E-state index contributed by atoms with van der Waals surface area (Å²) in [5.74, 6) is -0.660. The SMILES string of the molecule is CC(NC(=O)COC(=O)c1c(NC(=O)c2cccnc2)sc2c1CCCC2)C1CC1. The molecule has 2 aromatic rings. The first kappa shape index (κ1) is 20.5. The van der Waals surface area contributed by atoms with Crippen LogP contribution in [0, 0.1) is 5.92 Å². The zero-order valence-electron chi connectivity index (χ0n) is 16.9. The number of hydrogen-bond donors (Lipinski definition) is 2. The van der Waals surface area contributed by atoms with Crippen LogP contribution in [-0.2, 0) is 22.4 Å². The second-order valence-corrected chi connectivity index (χ2v) is 8.99. The van der Waals surface area contributed by atoms with E-state index in [4.69, 9.17) is 4.74 Å². The molecule has 1 atom stereocenters. The van der Waals surface area contributed by atoms with E-state index in [9.17, 15) is 14.4 Å². The van der Waals surface area contributed by atoms with Crippen molar-refractivity contribution in [2.75, 3.05) is 11.9 Å². The summed E-state index contributed by atoms with van der Waals surface area (Å²) in [6, 6.07) is 3.45. The van der Waals surface area contributed by atoms with E-state index < -0.39 is 5.97 Å². The van der Waals surface area contributed by atoms with Gasteiger partial charge in [-0.2, -0.15) is 0 Å². The Bertz CT molecular complexity index is 953. The Kier molecular flexibility index (Phi) is 6.13. The predicted octanol–water partition coefficient (Wildman–Crippen LogP) is 3.35. The van der Waals surface area contributed by atoms with Crippen LogP contribution in [0.3, 0.4) is 0 Å². The number of carbonyl (C=O) groups excluding carboxylic acids is 3. The number of esters is 1. The zero-order valence-corrected chi connectivity index (χ0v) is 17.7. The minimum Gasteiger partial charge on any atom is -0.452 e. The fraction of sp³-hybridized carbons (Fsp3) is 0.455. The van der Waals surface area contributed by atoms with Crippen molar-refractivity contribution in [1.29, 1.82) is 0 Å². The Morgan fingerprint density at radius 3 is 2.80 bits per heavy atom. The lowest BCUT2D eigenvalue weighted by molar-refractivity contribution is -0.125. The molecule has 0 saturated heterocycles. The minimum atomic E-state index is -0.565. The van der Waals surface area contributed by atoms with Crippen molar-refractivity contribution >= 4 is 34.1 Å². The van der Waals surface area contributed by atoms with Gasteiger partial charge in [-0.05, 0) is 69.1 Å². The molecule has 2 aliphatic rings. The largest absolute Gasteiger partial charge is 0.452 e. The lowest BCUT2D eigenvalue weighted by Gasteiger charge is -2.14. The highest BCUT2D eigenvalue weighted by atomic mass is 32.1. The van der Waals surface area contributed by atoms with Gasteiger partial charge in [0, 0.05) is 23.3 Å². The van der Waals surface area contributed by atoms with Crippen molar-refractivity contribution < 1.29 is 19.1 Å². The molecule has 2 heterocycles. The highest BCUT2D eigenvalue weighted by Crippen LogP contribution is 2.39. The summed E-state index contributed by atoms with van der Waals surface area (Å²) in [6.45, 7) is 1.65. The number of fused-ring (bicyclic) bond motifs is 1. The monoisotopic (exact) mass is 427 g/mol. The normalized spacial score (nSPS) is 16.3. The number of carbonyl (C=O) groups is 3. The Hall–Kier alpha value is -2.74. The van der Waals surface area contributed by atoms with Gasteiger partial charge in [0.05, 0.1) is 11.1 Å². The molecule has 30 heavy (non-hydrogen) atoms. The summed E-state index contributed by atoms with van der Waals surface area (Å²) in [5.41, 5.74) is 1.73. The molecule has 0 spiro atoms. The van der Waals surface area contributed by atoms with Crippen LogP contribution >= 0.6 is 11.3 Å². The molecule has 8 heteroatoms. The van der Waals surface area contributed by atoms with Crippen LogP contribution in [0.1, 0.15) is 63.8 Å². The Morgan fingerprint density at radius 1 is 1.27 bits per heavy atom. The fourth-order valence-electron chi connectivity index (χ4n) is 3.76. The molecule has 2 aliphatic carbocycles. The van der Waals surface area contributed by atoms with Crippen LogP contribution in [0.25, 0.3) is 0 Å². The Morgan fingerprint density at radius 2 is 2.07 bits per heavy atom. The van der Waals surface area contributed by atoms with Crippen molar-refractivity contribution in [3.8, 4) is 0 Å². The van der Waals surface area contributed by atoms with Gasteiger partial charge in [-0.25, -0.2) is 4.79 Å². The lowest BCUT2D eigenvalue weighted by atomic mass is 9.95. The van der Waals surface area contributed by atoms with Gasteiger partial charge in [-0.3, -0.25) is 14.6 Å². The third-order valence-corrected chi connectivity index (χ3v) is 6.79. The second-order valence-electron chi connectivity index (χ2n) is 7.88. The van der Waals surface area contributed by atoms with Crippen molar-refractivity contribution in [2.24, 2.45) is 5.92 Å². The number of thiophene rings is 1. The average molecular weight is 428 g/mol. The molecule has 1 unspecified atom stereocenters. The molecule has 2 aromatic heterocycles. The van der Waals surface area contributed by atoms with Gasteiger partial charge < -0.3 is 15.4 Å². The summed E-state index contributed by atoms with van der Waals surface area (Å²) < 4.78 is 5.34. The predicted molar refractivity (Wildman–Crippen MR) is 114 cm³/mol. The number of aromatic nitrogens is 1. The van der Waals surface area contributed by atoms with E-state index in [0.29, 0.717) is 22.0 Å². The van der Waals surface area contributed by atoms with Crippen LogP contribution in [0.5, 0.6) is 0 Å². The van der Waals surface area contributed by atoms with Crippen LogP contribution in [0.4, 0.5) is 5.00 Å². The molecule has 0 aliphatic heterocycles.